The molecule has 0 aromatic rings. The van der Waals surface area contributed by atoms with E-state index in [2.05, 4.69) is 38.1 Å². The van der Waals surface area contributed by atoms with Crippen LogP contribution in [0.2, 0.25) is 0 Å². The summed E-state index contributed by atoms with van der Waals surface area (Å²) in [5.41, 5.74) is 3.56. The number of aliphatic imine (C=N–C) groups is 1. The Morgan fingerprint density at radius 2 is 1.82 bits per heavy atom. The predicted molar refractivity (Wildman–Crippen MR) is 76.3 cm³/mol. The molecular weight excluding hydrogens is 230 g/mol. The number of nitrogens with zero attached hydrogens (tertiary/aromatic N) is 2. The van der Waals surface area contributed by atoms with Gasteiger partial charge in [-0.2, -0.15) is 0 Å². The Kier molecular flexibility index (Phi) is 4.36. The Bertz CT molecular complexity index is 282. The minimum absolute atomic E-state index is 0.462. The number of hydrogen-bond acceptors (Lipinski definition) is 4. The van der Waals surface area contributed by atoms with Gasteiger partial charge in [0.15, 0.2) is 5.17 Å². The lowest BCUT2D eigenvalue weighted by Crippen LogP contribution is -2.54. The summed E-state index contributed by atoms with van der Waals surface area (Å²) in [4.78, 5) is 4.72. The van der Waals surface area contributed by atoms with E-state index in [0.717, 1.165) is 5.17 Å². The van der Waals surface area contributed by atoms with Crippen LogP contribution in [0.25, 0.3) is 0 Å². The molecule has 4 heteroatoms. The van der Waals surface area contributed by atoms with Gasteiger partial charge in [0.1, 0.15) is 0 Å². The van der Waals surface area contributed by atoms with Crippen LogP contribution in [0.4, 0.5) is 0 Å². The Labute approximate surface area is 109 Å². The minimum Gasteiger partial charge on any atom is -0.297 e. The van der Waals surface area contributed by atoms with E-state index in [1.54, 1.807) is 0 Å². The van der Waals surface area contributed by atoms with E-state index in [-0.39, 0.29) is 0 Å². The lowest BCUT2D eigenvalue weighted by molar-refractivity contribution is 0.0750. The van der Waals surface area contributed by atoms with Gasteiger partial charge in [0.2, 0.25) is 0 Å². The molecule has 0 aromatic carbocycles. The molecule has 4 atom stereocenters. The molecule has 0 aliphatic carbocycles. The van der Waals surface area contributed by atoms with Crippen LogP contribution in [-0.4, -0.2) is 33.6 Å². The molecule has 2 aliphatic heterocycles. The van der Waals surface area contributed by atoms with Crippen LogP contribution < -0.4 is 5.43 Å². The first-order valence-corrected chi connectivity index (χ1v) is 7.73. The highest BCUT2D eigenvalue weighted by Crippen LogP contribution is 2.26. The topological polar surface area (TPSA) is 27.6 Å². The average molecular weight is 255 g/mol. The van der Waals surface area contributed by atoms with E-state index in [1.807, 2.05) is 11.8 Å². The van der Waals surface area contributed by atoms with Crippen molar-refractivity contribution in [2.24, 2.45) is 4.99 Å². The molecule has 0 bridgehead atoms. The fourth-order valence-electron chi connectivity index (χ4n) is 2.81. The van der Waals surface area contributed by atoms with Gasteiger partial charge in [-0.1, -0.05) is 25.1 Å². The average Bonchev–Trinajstić information content (AvgIpc) is 2.22. The Morgan fingerprint density at radius 3 is 2.41 bits per heavy atom. The molecule has 0 saturated carbocycles. The number of thioether (sulfide) groups is 1. The predicted octanol–water partition coefficient (Wildman–Crippen LogP) is 3.02. The van der Waals surface area contributed by atoms with Gasteiger partial charge < -0.3 is 0 Å². The molecule has 0 amide bonds. The molecule has 2 aliphatic rings. The van der Waals surface area contributed by atoms with Crippen LogP contribution in [0.5, 0.6) is 0 Å². The van der Waals surface area contributed by atoms with Gasteiger partial charge in [0.05, 0.1) is 6.04 Å². The van der Waals surface area contributed by atoms with E-state index in [0.29, 0.717) is 23.4 Å². The van der Waals surface area contributed by atoms with Gasteiger partial charge in [0, 0.05) is 17.3 Å². The summed E-state index contributed by atoms with van der Waals surface area (Å²) in [5.74, 6) is 0. The van der Waals surface area contributed by atoms with E-state index in [1.165, 1.54) is 25.7 Å². The minimum atomic E-state index is 0.462. The highest BCUT2D eigenvalue weighted by Gasteiger charge is 2.27. The van der Waals surface area contributed by atoms with Crippen molar-refractivity contribution in [3.63, 3.8) is 0 Å². The van der Waals surface area contributed by atoms with E-state index in [4.69, 9.17) is 4.99 Å². The summed E-state index contributed by atoms with van der Waals surface area (Å²) in [6.45, 7) is 9.12. The molecule has 17 heavy (non-hydrogen) atoms. The lowest BCUT2D eigenvalue weighted by atomic mass is 10.00. The molecular formula is C13H25N3S. The molecule has 0 radical (unpaired) electrons. The van der Waals surface area contributed by atoms with E-state index in [9.17, 15) is 0 Å². The Balaban J connectivity index is 1.99. The molecule has 0 aromatic heterocycles. The van der Waals surface area contributed by atoms with Crippen LogP contribution >= 0.6 is 11.8 Å². The summed E-state index contributed by atoms with van der Waals surface area (Å²) in [6.07, 6.45) is 5.13. The molecule has 0 spiro atoms. The molecule has 1 fully saturated rings. The number of hydrazine groups is 1. The maximum atomic E-state index is 4.72. The van der Waals surface area contributed by atoms with E-state index >= 15 is 0 Å². The number of amidine groups is 1. The van der Waals surface area contributed by atoms with Crippen molar-refractivity contribution in [2.75, 3.05) is 0 Å². The van der Waals surface area contributed by atoms with Gasteiger partial charge in [-0.25, -0.2) is 5.01 Å². The first kappa shape index (κ1) is 13.2. The van der Waals surface area contributed by atoms with Crippen LogP contribution in [-0.2, 0) is 0 Å². The third kappa shape index (κ3) is 3.38. The van der Waals surface area contributed by atoms with Crippen molar-refractivity contribution in [2.45, 2.75) is 76.8 Å². The van der Waals surface area contributed by atoms with Crippen LogP contribution in [0, 0.1) is 0 Å². The molecule has 1 saturated heterocycles. The van der Waals surface area contributed by atoms with Crippen LogP contribution in [0.3, 0.4) is 0 Å². The van der Waals surface area contributed by atoms with E-state index < -0.39 is 0 Å². The van der Waals surface area contributed by atoms with Gasteiger partial charge in [-0.05, 0) is 40.0 Å². The van der Waals surface area contributed by atoms with Crippen molar-refractivity contribution in [3.8, 4) is 0 Å². The smallest absolute Gasteiger partial charge is 0.171 e. The van der Waals surface area contributed by atoms with Crippen molar-refractivity contribution in [1.82, 2.24) is 10.4 Å². The summed E-state index contributed by atoms with van der Waals surface area (Å²) >= 11 is 1.89. The summed E-state index contributed by atoms with van der Waals surface area (Å²) < 4.78 is 0. The zero-order chi connectivity index (χ0) is 12.4. The fourth-order valence-corrected chi connectivity index (χ4v) is 3.96. The highest BCUT2D eigenvalue weighted by molar-refractivity contribution is 8.14. The second kappa shape index (κ2) is 5.61. The molecule has 2 rings (SSSR count). The summed E-state index contributed by atoms with van der Waals surface area (Å²) in [5, 5.41) is 4.21. The van der Waals surface area contributed by atoms with Gasteiger partial charge in [0.25, 0.3) is 0 Å². The zero-order valence-corrected chi connectivity index (χ0v) is 12.3. The first-order chi connectivity index (χ1) is 8.06. The van der Waals surface area contributed by atoms with Crippen LogP contribution in [0.15, 0.2) is 4.99 Å². The third-order valence-corrected chi connectivity index (χ3v) is 4.76. The van der Waals surface area contributed by atoms with Crippen molar-refractivity contribution < 1.29 is 0 Å². The molecule has 98 valence electrons. The van der Waals surface area contributed by atoms with Crippen molar-refractivity contribution in [1.29, 1.82) is 0 Å². The highest BCUT2D eigenvalue weighted by atomic mass is 32.2. The maximum Gasteiger partial charge on any atom is 0.171 e. The number of piperidine rings is 1. The largest absolute Gasteiger partial charge is 0.297 e. The number of rotatable bonds is 1. The summed E-state index contributed by atoms with van der Waals surface area (Å²) in [6, 6.07) is 1.70. The maximum absolute atomic E-state index is 4.72. The Morgan fingerprint density at radius 1 is 1.18 bits per heavy atom. The number of nitrogens with one attached hydrogen (secondary N) is 1. The quantitative estimate of drug-likeness (QED) is 0.780. The molecule has 1 N–H and O–H groups in total. The molecule has 2 heterocycles. The van der Waals surface area contributed by atoms with Gasteiger partial charge >= 0.3 is 0 Å². The third-order valence-electron chi connectivity index (χ3n) is 3.74. The second-order valence-corrected chi connectivity index (χ2v) is 7.02. The second-order valence-electron chi connectivity index (χ2n) is 5.60. The SMILES string of the molecule is CC1CC(C)SC(NN2C(C)CCCC2C)=N1. The fraction of sp³-hybridized carbons (Fsp3) is 0.923. The molecule has 4 unspecified atom stereocenters. The van der Waals surface area contributed by atoms with Gasteiger partial charge in [-0.3, -0.25) is 10.4 Å². The first-order valence-electron chi connectivity index (χ1n) is 6.85. The monoisotopic (exact) mass is 255 g/mol. The van der Waals surface area contributed by atoms with Crippen LogP contribution in [0.1, 0.15) is 53.4 Å². The zero-order valence-electron chi connectivity index (χ0n) is 11.4. The standard InChI is InChI=1S/C13H25N3S/c1-9-8-12(4)17-13(14-9)15-16-10(2)6-5-7-11(16)3/h9-12H,5-8H2,1-4H3,(H,14,15). The number of hydrogen-bond donors (Lipinski definition) is 1. The van der Waals surface area contributed by atoms with Gasteiger partial charge in [-0.15, -0.1) is 0 Å². The summed E-state index contributed by atoms with van der Waals surface area (Å²) in [7, 11) is 0. The Hall–Kier alpha value is -0.220. The van der Waals surface area contributed by atoms with Crippen molar-refractivity contribution >= 4 is 16.9 Å². The normalized spacial score (nSPS) is 39.9. The molecule has 3 nitrogen and oxygen atoms in total. The van der Waals surface area contributed by atoms with Crippen molar-refractivity contribution in [3.05, 3.63) is 0 Å². The lowest BCUT2D eigenvalue weighted by Gasteiger charge is -2.40.